The molecule has 2 rings (SSSR count). The maximum absolute atomic E-state index is 13.1. The largest absolute Gasteiger partial charge is 0.314 e. The number of likely N-dealkylation sites (N-methyl/N-ethyl adjacent to an activating group) is 2. The van der Waals surface area contributed by atoms with Gasteiger partial charge in [-0.3, -0.25) is 4.90 Å². The minimum absolute atomic E-state index is 0.142. The van der Waals surface area contributed by atoms with Gasteiger partial charge in [0.25, 0.3) is 0 Å². The van der Waals surface area contributed by atoms with E-state index in [2.05, 4.69) is 29.2 Å². The molecular formula is C15H24FN3. The van der Waals surface area contributed by atoms with Crippen LogP contribution in [0.1, 0.15) is 5.56 Å². The summed E-state index contributed by atoms with van der Waals surface area (Å²) in [5.74, 6) is -0.142. The number of benzene rings is 1. The first-order valence-corrected chi connectivity index (χ1v) is 6.99. The lowest BCUT2D eigenvalue weighted by Gasteiger charge is -2.35. The Kier molecular flexibility index (Phi) is 5.31. The maximum atomic E-state index is 13.1. The number of nitrogens with one attached hydrogen (secondary N) is 1. The standard InChI is InChI=1S/C15H24FN3/c1-18(12-15-11-17-7-9-19(15)2)8-6-13-4-3-5-14(16)10-13/h3-5,10,15,17H,6-9,11-12H2,1-2H3. The predicted molar refractivity (Wildman–Crippen MR) is 76.9 cm³/mol. The van der Waals surface area contributed by atoms with Crippen LogP contribution in [0.3, 0.4) is 0 Å². The van der Waals surface area contributed by atoms with Gasteiger partial charge >= 0.3 is 0 Å². The highest BCUT2D eigenvalue weighted by Gasteiger charge is 2.19. The van der Waals surface area contributed by atoms with Crippen molar-refractivity contribution in [3.8, 4) is 0 Å². The zero-order valence-electron chi connectivity index (χ0n) is 11.9. The lowest BCUT2D eigenvalue weighted by molar-refractivity contribution is 0.153. The summed E-state index contributed by atoms with van der Waals surface area (Å²) in [5.41, 5.74) is 1.07. The summed E-state index contributed by atoms with van der Waals surface area (Å²) in [5, 5.41) is 3.43. The Labute approximate surface area is 115 Å². The van der Waals surface area contributed by atoms with Gasteiger partial charge < -0.3 is 10.2 Å². The topological polar surface area (TPSA) is 18.5 Å². The number of piperazine rings is 1. The van der Waals surface area contributed by atoms with Crippen LogP contribution in [0.5, 0.6) is 0 Å². The number of nitrogens with zero attached hydrogens (tertiary/aromatic N) is 2. The molecule has 1 saturated heterocycles. The second-order valence-electron chi connectivity index (χ2n) is 5.48. The van der Waals surface area contributed by atoms with Crippen LogP contribution in [-0.4, -0.2) is 62.7 Å². The Morgan fingerprint density at radius 3 is 3.05 bits per heavy atom. The van der Waals surface area contributed by atoms with Gasteiger partial charge in [-0.1, -0.05) is 12.1 Å². The summed E-state index contributed by atoms with van der Waals surface area (Å²) < 4.78 is 13.1. The number of rotatable bonds is 5. The normalized spacial score (nSPS) is 20.9. The van der Waals surface area contributed by atoms with Gasteiger partial charge in [0.2, 0.25) is 0 Å². The zero-order valence-corrected chi connectivity index (χ0v) is 11.9. The summed E-state index contributed by atoms with van der Waals surface area (Å²) in [7, 11) is 4.33. The number of hydrogen-bond donors (Lipinski definition) is 1. The number of halogens is 1. The molecular weight excluding hydrogens is 241 g/mol. The maximum Gasteiger partial charge on any atom is 0.123 e. The van der Waals surface area contributed by atoms with Crippen molar-refractivity contribution in [1.29, 1.82) is 0 Å². The van der Waals surface area contributed by atoms with E-state index in [9.17, 15) is 4.39 Å². The van der Waals surface area contributed by atoms with Crippen LogP contribution in [0.4, 0.5) is 4.39 Å². The lowest BCUT2D eigenvalue weighted by Crippen LogP contribution is -2.53. The second-order valence-corrected chi connectivity index (χ2v) is 5.48. The van der Waals surface area contributed by atoms with Gasteiger partial charge in [-0.15, -0.1) is 0 Å². The van der Waals surface area contributed by atoms with E-state index in [1.165, 1.54) is 6.07 Å². The molecule has 1 aromatic rings. The predicted octanol–water partition coefficient (Wildman–Crippen LogP) is 1.20. The van der Waals surface area contributed by atoms with Gasteiger partial charge in [-0.05, 0) is 38.2 Å². The minimum atomic E-state index is -0.142. The molecule has 19 heavy (non-hydrogen) atoms. The van der Waals surface area contributed by atoms with E-state index >= 15 is 0 Å². The molecule has 1 atom stereocenters. The quantitative estimate of drug-likeness (QED) is 0.863. The Morgan fingerprint density at radius 2 is 2.32 bits per heavy atom. The average molecular weight is 265 g/mol. The Balaban J connectivity index is 1.76. The van der Waals surface area contributed by atoms with Gasteiger partial charge in [-0.25, -0.2) is 4.39 Å². The van der Waals surface area contributed by atoms with Crippen molar-refractivity contribution in [2.24, 2.45) is 0 Å². The van der Waals surface area contributed by atoms with E-state index in [0.29, 0.717) is 6.04 Å². The summed E-state index contributed by atoms with van der Waals surface area (Å²) in [6, 6.07) is 7.47. The summed E-state index contributed by atoms with van der Waals surface area (Å²) in [6.07, 6.45) is 0.901. The van der Waals surface area contributed by atoms with Gasteiger partial charge in [0.15, 0.2) is 0 Å². The van der Waals surface area contributed by atoms with Gasteiger partial charge in [0.1, 0.15) is 5.82 Å². The molecule has 106 valence electrons. The fourth-order valence-electron chi connectivity index (χ4n) is 2.53. The molecule has 3 nitrogen and oxygen atoms in total. The Morgan fingerprint density at radius 1 is 1.47 bits per heavy atom. The van der Waals surface area contributed by atoms with E-state index < -0.39 is 0 Å². The van der Waals surface area contributed by atoms with E-state index in [-0.39, 0.29) is 5.82 Å². The Hall–Kier alpha value is -0.970. The van der Waals surface area contributed by atoms with Crippen molar-refractivity contribution in [2.45, 2.75) is 12.5 Å². The van der Waals surface area contributed by atoms with Crippen molar-refractivity contribution in [2.75, 3.05) is 46.8 Å². The molecule has 1 fully saturated rings. The van der Waals surface area contributed by atoms with Crippen LogP contribution in [-0.2, 0) is 6.42 Å². The molecule has 0 amide bonds. The molecule has 0 aromatic heterocycles. The minimum Gasteiger partial charge on any atom is -0.314 e. The third-order valence-electron chi connectivity index (χ3n) is 3.84. The second kappa shape index (κ2) is 6.98. The van der Waals surface area contributed by atoms with Crippen LogP contribution >= 0.6 is 0 Å². The van der Waals surface area contributed by atoms with Gasteiger partial charge in [0.05, 0.1) is 0 Å². The zero-order chi connectivity index (χ0) is 13.7. The molecule has 0 saturated carbocycles. The van der Waals surface area contributed by atoms with Crippen LogP contribution in [0.2, 0.25) is 0 Å². The molecule has 1 aliphatic rings. The first-order valence-electron chi connectivity index (χ1n) is 6.99. The van der Waals surface area contributed by atoms with Crippen LogP contribution in [0.15, 0.2) is 24.3 Å². The molecule has 1 aliphatic heterocycles. The molecule has 1 heterocycles. The summed E-state index contributed by atoms with van der Waals surface area (Å²) >= 11 is 0. The smallest absolute Gasteiger partial charge is 0.123 e. The Bertz CT molecular complexity index is 397. The molecule has 0 spiro atoms. The molecule has 1 unspecified atom stereocenters. The lowest BCUT2D eigenvalue weighted by atomic mass is 10.1. The fourth-order valence-corrected chi connectivity index (χ4v) is 2.53. The molecule has 0 radical (unpaired) electrons. The summed E-state index contributed by atoms with van der Waals surface area (Å²) in [4.78, 5) is 4.74. The van der Waals surface area contributed by atoms with Crippen LogP contribution < -0.4 is 5.32 Å². The van der Waals surface area contributed by atoms with Crippen LogP contribution in [0, 0.1) is 5.82 Å². The molecule has 4 heteroatoms. The average Bonchev–Trinajstić information content (AvgIpc) is 2.39. The van der Waals surface area contributed by atoms with Crippen LogP contribution in [0.25, 0.3) is 0 Å². The molecule has 0 aliphatic carbocycles. The number of hydrogen-bond acceptors (Lipinski definition) is 3. The van der Waals surface area contributed by atoms with Gasteiger partial charge in [0, 0.05) is 38.8 Å². The third kappa shape index (κ3) is 4.56. The molecule has 0 bridgehead atoms. The summed E-state index contributed by atoms with van der Waals surface area (Å²) in [6.45, 7) is 5.27. The van der Waals surface area contributed by atoms with E-state index in [1.54, 1.807) is 12.1 Å². The monoisotopic (exact) mass is 265 g/mol. The first kappa shape index (κ1) is 14.4. The fraction of sp³-hybridized carbons (Fsp3) is 0.600. The first-order chi connectivity index (χ1) is 9.15. The van der Waals surface area contributed by atoms with Gasteiger partial charge in [-0.2, -0.15) is 0 Å². The molecule has 1 aromatic carbocycles. The highest BCUT2D eigenvalue weighted by Crippen LogP contribution is 2.06. The van der Waals surface area contributed by atoms with Crippen molar-refractivity contribution in [3.63, 3.8) is 0 Å². The van der Waals surface area contributed by atoms with Crippen molar-refractivity contribution in [1.82, 2.24) is 15.1 Å². The van der Waals surface area contributed by atoms with E-state index in [4.69, 9.17) is 0 Å². The van der Waals surface area contributed by atoms with Crippen molar-refractivity contribution < 1.29 is 4.39 Å². The SMILES string of the molecule is CN(CCc1cccc(F)c1)CC1CNCCN1C. The highest BCUT2D eigenvalue weighted by atomic mass is 19.1. The van der Waals surface area contributed by atoms with Crippen molar-refractivity contribution in [3.05, 3.63) is 35.6 Å². The third-order valence-corrected chi connectivity index (χ3v) is 3.84. The van der Waals surface area contributed by atoms with E-state index in [1.807, 2.05) is 6.07 Å². The van der Waals surface area contributed by atoms with Crippen molar-refractivity contribution >= 4 is 0 Å². The molecule has 1 N–H and O–H groups in total. The highest BCUT2D eigenvalue weighted by molar-refractivity contribution is 5.16. The van der Waals surface area contributed by atoms with E-state index in [0.717, 1.165) is 44.7 Å².